The summed E-state index contributed by atoms with van der Waals surface area (Å²) in [6.07, 6.45) is 0.540. The molecule has 28 heavy (non-hydrogen) atoms. The van der Waals surface area contributed by atoms with Crippen LogP contribution in [0.2, 0.25) is 0 Å². The number of thiazole rings is 1. The topological polar surface area (TPSA) is 59.5 Å². The Morgan fingerprint density at radius 2 is 1.82 bits per heavy atom. The van der Waals surface area contributed by atoms with E-state index in [0.29, 0.717) is 17.8 Å². The lowest BCUT2D eigenvalue weighted by molar-refractivity contribution is -0.142. The van der Waals surface area contributed by atoms with Crippen LogP contribution in [0.1, 0.15) is 33.3 Å². The SMILES string of the molecule is COC(=O)[C@H]1CCN(C(=O)c2sc(-c3ccccc3)nc2C)c2ccccc21. The van der Waals surface area contributed by atoms with Gasteiger partial charge in [-0.1, -0.05) is 48.5 Å². The van der Waals surface area contributed by atoms with Crippen LogP contribution in [0.3, 0.4) is 0 Å². The van der Waals surface area contributed by atoms with E-state index in [2.05, 4.69) is 4.98 Å². The van der Waals surface area contributed by atoms with Gasteiger partial charge in [-0.25, -0.2) is 4.98 Å². The van der Waals surface area contributed by atoms with E-state index in [1.165, 1.54) is 18.4 Å². The van der Waals surface area contributed by atoms with Crippen LogP contribution < -0.4 is 4.90 Å². The first-order valence-electron chi connectivity index (χ1n) is 9.11. The summed E-state index contributed by atoms with van der Waals surface area (Å²) in [5, 5.41) is 0.833. The van der Waals surface area contributed by atoms with Gasteiger partial charge in [0.25, 0.3) is 5.91 Å². The number of para-hydroxylation sites is 1. The lowest BCUT2D eigenvalue weighted by atomic mass is 9.90. The molecule has 2 heterocycles. The monoisotopic (exact) mass is 392 g/mol. The molecule has 1 atom stereocenters. The normalized spacial score (nSPS) is 15.8. The first-order chi connectivity index (χ1) is 13.6. The van der Waals surface area contributed by atoms with Crippen LogP contribution in [0, 0.1) is 6.92 Å². The van der Waals surface area contributed by atoms with Crippen LogP contribution in [0.15, 0.2) is 54.6 Å². The number of hydrogen-bond donors (Lipinski definition) is 0. The zero-order chi connectivity index (χ0) is 19.7. The molecule has 0 saturated heterocycles. The Morgan fingerprint density at radius 1 is 1.11 bits per heavy atom. The summed E-state index contributed by atoms with van der Waals surface area (Å²) in [4.78, 5) is 32.5. The zero-order valence-electron chi connectivity index (χ0n) is 15.7. The van der Waals surface area contributed by atoms with E-state index < -0.39 is 0 Å². The second-order valence-corrected chi connectivity index (χ2v) is 7.68. The number of aryl methyl sites for hydroxylation is 1. The minimum absolute atomic E-state index is 0.0760. The lowest BCUT2D eigenvalue weighted by Crippen LogP contribution is -2.38. The first-order valence-corrected chi connectivity index (χ1v) is 9.93. The predicted octanol–water partition coefficient (Wildman–Crippen LogP) is 4.43. The molecule has 0 fully saturated rings. The van der Waals surface area contributed by atoms with Crippen LogP contribution in [-0.4, -0.2) is 30.5 Å². The van der Waals surface area contributed by atoms with Crippen LogP contribution in [0.4, 0.5) is 5.69 Å². The summed E-state index contributed by atoms with van der Waals surface area (Å²) in [6.45, 7) is 2.33. The summed E-state index contributed by atoms with van der Waals surface area (Å²) in [5.74, 6) is -0.680. The number of ether oxygens (including phenoxy) is 1. The van der Waals surface area contributed by atoms with Gasteiger partial charge < -0.3 is 9.64 Å². The highest BCUT2D eigenvalue weighted by Crippen LogP contribution is 2.38. The van der Waals surface area contributed by atoms with E-state index in [4.69, 9.17) is 4.74 Å². The molecule has 1 aliphatic rings. The van der Waals surface area contributed by atoms with Gasteiger partial charge in [0.05, 0.1) is 18.7 Å². The number of hydrogen-bond acceptors (Lipinski definition) is 5. The van der Waals surface area contributed by atoms with Gasteiger partial charge in [0.1, 0.15) is 9.88 Å². The molecule has 0 saturated carbocycles. The van der Waals surface area contributed by atoms with Crippen LogP contribution in [-0.2, 0) is 9.53 Å². The van der Waals surface area contributed by atoms with Crippen LogP contribution >= 0.6 is 11.3 Å². The van der Waals surface area contributed by atoms with Crippen molar-refractivity contribution >= 4 is 28.9 Å². The van der Waals surface area contributed by atoms with Crippen molar-refractivity contribution in [2.24, 2.45) is 0 Å². The van der Waals surface area contributed by atoms with Gasteiger partial charge in [0.15, 0.2) is 0 Å². The Bertz CT molecular complexity index is 1030. The van der Waals surface area contributed by atoms with Crippen LogP contribution in [0.5, 0.6) is 0 Å². The molecule has 0 bridgehead atoms. The molecule has 1 aromatic heterocycles. The smallest absolute Gasteiger partial charge is 0.313 e. The van der Waals surface area contributed by atoms with Gasteiger partial charge in [-0.2, -0.15) is 0 Å². The highest BCUT2D eigenvalue weighted by molar-refractivity contribution is 7.17. The first kappa shape index (κ1) is 18.4. The number of benzene rings is 2. The van der Waals surface area contributed by atoms with E-state index in [9.17, 15) is 9.59 Å². The van der Waals surface area contributed by atoms with Gasteiger partial charge in [-0.3, -0.25) is 9.59 Å². The maximum atomic E-state index is 13.4. The van der Waals surface area contributed by atoms with Crippen molar-refractivity contribution in [2.75, 3.05) is 18.6 Å². The average Bonchev–Trinajstić information content (AvgIpc) is 3.14. The molecule has 0 spiro atoms. The summed E-state index contributed by atoms with van der Waals surface area (Å²) in [7, 11) is 1.40. The van der Waals surface area contributed by atoms with E-state index in [-0.39, 0.29) is 17.8 Å². The maximum absolute atomic E-state index is 13.4. The molecular weight excluding hydrogens is 372 g/mol. The quantitative estimate of drug-likeness (QED) is 0.619. The molecule has 0 unspecified atom stereocenters. The number of nitrogens with zero attached hydrogens (tertiary/aromatic N) is 2. The Morgan fingerprint density at radius 3 is 2.57 bits per heavy atom. The average molecular weight is 392 g/mol. The molecule has 2 aromatic carbocycles. The van der Waals surface area contributed by atoms with Crippen molar-refractivity contribution < 1.29 is 14.3 Å². The fourth-order valence-electron chi connectivity index (χ4n) is 3.58. The van der Waals surface area contributed by atoms with E-state index in [1.54, 1.807) is 4.90 Å². The molecule has 5 nitrogen and oxygen atoms in total. The molecular formula is C22H20N2O3S. The molecule has 0 N–H and O–H groups in total. The Hall–Kier alpha value is -2.99. The van der Waals surface area contributed by atoms with Crippen LogP contribution in [0.25, 0.3) is 10.6 Å². The third-order valence-corrected chi connectivity index (χ3v) is 6.18. The number of carbonyl (C=O) groups is 2. The number of fused-ring (bicyclic) bond motifs is 1. The Kier molecular flexibility index (Phi) is 4.96. The minimum Gasteiger partial charge on any atom is -0.469 e. The molecule has 3 aromatic rings. The molecule has 0 aliphatic carbocycles. The third-order valence-electron chi connectivity index (χ3n) is 4.99. The number of amides is 1. The van der Waals surface area contributed by atoms with E-state index in [0.717, 1.165) is 27.5 Å². The molecule has 142 valence electrons. The van der Waals surface area contributed by atoms with Crippen molar-refractivity contribution in [2.45, 2.75) is 19.3 Å². The van der Waals surface area contributed by atoms with E-state index in [1.807, 2.05) is 61.5 Å². The summed E-state index contributed by atoms with van der Waals surface area (Å²) >= 11 is 1.41. The number of anilines is 1. The molecule has 1 aliphatic heterocycles. The second kappa shape index (κ2) is 7.56. The lowest BCUT2D eigenvalue weighted by Gasteiger charge is -2.33. The largest absolute Gasteiger partial charge is 0.469 e. The van der Waals surface area contributed by atoms with Gasteiger partial charge >= 0.3 is 5.97 Å². The maximum Gasteiger partial charge on any atom is 0.313 e. The number of esters is 1. The molecule has 0 radical (unpaired) electrons. The molecule has 6 heteroatoms. The highest BCUT2D eigenvalue weighted by atomic mass is 32.1. The fraction of sp³-hybridized carbons (Fsp3) is 0.227. The highest BCUT2D eigenvalue weighted by Gasteiger charge is 2.34. The standard InChI is InChI=1S/C22H20N2O3S/c1-14-19(28-20(23-14)15-8-4-3-5-9-15)21(25)24-13-12-17(22(26)27-2)16-10-6-7-11-18(16)24/h3-11,17H,12-13H2,1-2H3/t17-/m0/s1. The predicted molar refractivity (Wildman–Crippen MR) is 110 cm³/mol. The van der Waals surface area contributed by atoms with Gasteiger partial charge in [-0.15, -0.1) is 11.3 Å². The number of methoxy groups -OCH3 is 1. The summed E-state index contributed by atoms with van der Waals surface area (Å²) < 4.78 is 4.95. The van der Waals surface area contributed by atoms with Crippen molar-refractivity contribution in [1.29, 1.82) is 0 Å². The third kappa shape index (κ3) is 3.20. The molecule has 4 rings (SSSR count). The Balaban J connectivity index is 1.69. The van der Waals surface area contributed by atoms with Gasteiger partial charge in [-0.05, 0) is 25.0 Å². The van der Waals surface area contributed by atoms with Gasteiger partial charge in [0.2, 0.25) is 0 Å². The second-order valence-electron chi connectivity index (χ2n) is 6.68. The van der Waals surface area contributed by atoms with Crippen molar-refractivity contribution in [3.05, 3.63) is 70.7 Å². The number of carbonyl (C=O) groups excluding carboxylic acids is 2. The minimum atomic E-state index is -0.340. The summed E-state index contributed by atoms with van der Waals surface area (Å²) in [6, 6.07) is 17.4. The number of rotatable bonds is 3. The van der Waals surface area contributed by atoms with Crippen molar-refractivity contribution in [1.82, 2.24) is 4.98 Å². The number of aromatic nitrogens is 1. The van der Waals surface area contributed by atoms with Crippen molar-refractivity contribution in [3.63, 3.8) is 0 Å². The fourth-order valence-corrected chi connectivity index (χ4v) is 4.60. The van der Waals surface area contributed by atoms with Crippen molar-refractivity contribution in [3.8, 4) is 10.6 Å². The Labute approximate surface area is 167 Å². The zero-order valence-corrected chi connectivity index (χ0v) is 16.5. The van der Waals surface area contributed by atoms with E-state index >= 15 is 0 Å². The molecule has 1 amide bonds. The summed E-state index contributed by atoms with van der Waals surface area (Å²) in [5.41, 5.74) is 3.32. The van der Waals surface area contributed by atoms with Gasteiger partial charge in [0, 0.05) is 17.8 Å².